The highest BCUT2D eigenvalue weighted by Gasteiger charge is 2.26. The second kappa shape index (κ2) is 9.61. The molecule has 1 fully saturated rings. The van der Waals surface area contributed by atoms with Crippen LogP contribution in [-0.2, 0) is 0 Å². The summed E-state index contributed by atoms with van der Waals surface area (Å²) in [5, 5.41) is 38.1. The van der Waals surface area contributed by atoms with Gasteiger partial charge in [0.1, 0.15) is 11.8 Å². The number of carbonyl (C=O) groups is 1. The number of hydrogen-bond acceptors (Lipinski definition) is 8. The Labute approximate surface area is 207 Å². The van der Waals surface area contributed by atoms with Crippen molar-refractivity contribution in [2.75, 3.05) is 5.32 Å². The van der Waals surface area contributed by atoms with E-state index in [1.165, 1.54) is 6.20 Å². The second-order valence-electron chi connectivity index (χ2n) is 9.25. The van der Waals surface area contributed by atoms with Crippen LogP contribution in [-0.4, -0.2) is 58.0 Å². The number of carboxylic acid groups (broad SMARTS) is 1. The highest BCUT2D eigenvalue weighted by molar-refractivity contribution is 5.77. The molecule has 1 aliphatic rings. The zero-order chi connectivity index (χ0) is 25.2. The molecule has 12 nitrogen and oxygen atoms in total. The fourth-order valence-corrected chi connectivity index (χ4v) is 4.60. The van der Waals surface area contributed by atoms with Crippen molar-refractivity contribution in [3.8, 4) is 17.6 Å². The van der Waals surface area contributed by atoms with Crippen LogP contribution in [0.4, 0.5) is 10.5 Å². The number of anilines is 1. The van der Waals surface area contributed by atoms with Crippen molar-refractivity contribution in [3.63, 3.8) is 0 Å². The molecular weight excluding hydrogens is 460 g/mol. The van der Waals surface area contributed by atoms with E-state index >= 15 is 0 Å². The van der Waals surface area contributed by atoms with Gasteiger partial charge in [0.25, 0.3) is 0 Å². The van der Waals surface area contributed by atoms with Crippen molar-refractivity contribution < 1.29 is 9.90 Å². The monoisotopic (exact) mass is 486 g/mol. The lowest BCUT2D eigenvalue weighted by Crippen LogP contribution is -2.36. The maximum absolute atomic E-state index is 10.9. The average Bonchev–Trinajstić information content (AvgIpc) is 3.51. The lowest BCUT2D eigenvalue weighted by atomic mass is 9.84. The molecule has 184 valence electrons. The lowest BCUT2D eigenvalue weighted by Gasteiger charge is -2.26. The van der Waals surface area contributed by atoms with E-state index in [4.69, 9.17) is 10.4 Å². The van der Waals surface area contributed by atoms with Crippen molar-refractivity contribution >= 4 is 22.8 Å². The molecule has 12 heteroatoms. The van der Waals surface area contributed by atoms with Crippen LogP contribution in [0.5, 0.6) is 0 Å². The smallest absolute Gasteiger partial charge is 0.404 e. The number of hydrogen-bond donors (Lipinski definition) is 3. The maximum Gasteiger partial charge on any atom is 0.404 e. The molecule has 5 rings (SSSR count). The molecule has 1 amide bonds. The number of pyridine rings is 2. The number of aromatic nitrogens is 7. The van der Waals surface area contributed by atoms with Crippen LogP contribution >= 0.6 is 0 Å². The zero-order valence-electron chi connectivity index (χ0n) is 20.0. The molecule has 3 N–H and O–H groups in total. The number of nitrogens with zero attached hydrogens (tertiary/aromatic N) is 8. The van der Waals surface area contributed by atoms with Crippen LogP contribution in [0.2, 0.25) is 0 Å². The van der Waals surface area contributed by atoms with Gasteiger partial charge in [-0.2, -0.15) is 15.0 Å². The van der Waals surface area contributed by atoms with E-state index in [1.54, 1.807) is 27.8 Å². The largest absolute Gasteiger partial charge is 0.465 e. The Hall–Kier alpha value is -4.53. The molecule has 0 aromatic carbocycles. The van der Waals surface area contributed by atoms with Crippen molar-refractivity contribution in [2.24, 2.45) is 0 Å². The summed E-state index contributed by atoms with van der Waals surface area (Å²) in [5.74, 6) is 0.817. The van der Waals surface area contributed by atoms with Crippen molar-refractivity contribution in [1.82, 2.24) is 40.1 Å². The highest BCUT2D eigenvalue weighted by Crippen LogP contribution is 2.32. The summed E-state index contributed by atoms with van der Waals surface area (Å²) in [5.41, 5.74) is 3.54. The molecule has 0 atom stereocenters. The van der Waals surface area contributed by atoms with Gasteiger partial charge < -0.3 is 15.7 Å². The van der Waals surface area contributed by atoms with Gasteiger partial charge in [-0.15, -0.1) is 5.10 Å². The van der Waals surface area contributed by atoms with Gasteiger partial charge in [0.05, 0.1) is 35.5 Å². The van der Waals surface area contributed by atoms with Crippen molar-refractivity contribution in [2.45, 2.75) is 57.5 Å². The van der Waals surface area contributed by atoms with Gasteiger partial charge in [0.2, 0.25) is 0 Å². The summed E-state index contributed by atoms with van der Waals surface area (Å²) in [6.07, 6.45) is 9.12. The van der Waals surface area contributed by atoms with Gasteiger partial charge in [-0.3, -0.25) is 0 Å². The van der Waals surface area contributed by atoms with E-state index < -0.39 is 6.09 Å². The average molecular weight is 487 g/mol. The normalized spacial score (nSPS) is 17.7. The first-order chi connectivity index (χ1) is 17.4. The third kappa shape index (κ3) is 4.68. The molecule has 0 saturated heterocycles. The van der Waals surface area contributed by atoms with Crippen molar-refractivity contribution in [3.05, 3.63) is 48.2 Å². The molecule has 0 unspecified atom stereocenters. The number of amides is 1. The summed E-state index contributed by atoms with van der Waals surface area (Å²) >= 11 is 0. The van der Waals surface area contributed by atoms with Gasteiger partial charge in [0.15, 0.2) is 11.5 Å². The van der Waals surface area contributed by atoms with Gasteiger partial charge >= 0.3 is 6.09 Å². The van der Waals surface area contributed by atoms with Gasteiger partial charge in [-0.05, 0) is 45.6 Å². The summed E-state index contributed by atoms with van der Waals surface area (Å²) in [6.45, 7) is 4.10. The quantitative estimate of drug-likeness (QED) is 0.371. The number of nitriles is 1. The molecule has 4 aromatic heterocycles. The Kier molecular flexibility index (Phi) is 6.20. The van der Waals surface area contributed by atoms with Crippen LogP contribution in [0.25, 0.3) is 22.5 Å². The van der Waals surface area contributed by atoms with E-state index in [0.29, 0.717) is 17.0 Å². The lowest BCUT2D eigenvalue weighted by molar-refractivity contribution is 0.185. The van der Waals surface area contributed by atoms with Gasteiger partial charge in [-0.1, -0.05) is 5.21 Å². The molecule has 4 aromatic rings. The van der Waals surface area contributed by atoms with E-state index in [-0.39, 0.29) is 18.0 Å². The van der Waals surface area contributed by atoms with Crippen LogP contribution < -0.4 is 10.6 Å². The number of fused-ring (bicyclic) bond motifs is 1. The third-order valence-corrected chi connectivity index (χ3v) is 6.30. The first kappa shape index (κ1) is 23.2. The summed E-state index contributed by atoms with van der Waals surface area (Å²) in [6, 6.07) is 5.88. The molecular formula is C24H26N10O2. The maximum atomic E-state index is 10.9. The number of nitrogens with one attached hydrogen (secondary N) is 2. The standard InChI is InChI=1S/C24H26N10O2/c1-14(2)29-19-8-22(34-23-17(11-28-34)7-15(9-25)10-27-23)26-12-21(19)33-13-20(31-32-33)16-3-5-18(6-4-16)30-24(35)36/h7-8,10-14,16,18,30H,3-6H2,1-2H3,(H,26,29)(H,35,36). The Bertz CT molecular complexity index is 1440. The molecule has 0 bridgehead atoms. The molecule has 1 saturated carbocycles. The van der Waals surface area contributed by atoms with E-state index in [0.717, 1.165) is 48.1 Å². The van der Waals surface area contributed by atoms with Crippen LogP contribution in [0, 0.1) is 11.3 Å². The minimum absolute atomic E-state index is 0.00765. The van der Waals surface area contributed by atoms with Gasteiger partial charge in [0, 0.05) is 35.7 Å². The molecule has 1 aliphatic carbocycles. The van der Waals surface area contributed by atoms with Crippen LogP contribution in [0.1, 0.15) is 56.7 Å². The zero-order valence-corrected chi connectivity index (χ0v) is 20.0. The Morgan fingerprint density at radius 2 is 1.97 bits per heavy atom. The Balaban J connectivity index is 1.42. The Morgan fingerprint density at radius 1 is 1.17 bits per heavy atom. The minimum Gasteiger partial charge on any atom is -0.465 e. The van der Waals surface area contributed by atoms with Crippen molar-refractivity contribution in [1.29, 1.82) is 5.26 Å². The first-order valence-corrected chi connectivity index (χ1v) is 11.8. The third-order valence-electron chi connectivity index (χ3n) is 6.30. The van der Waals surface area contributed by atoms with Crippen LogP contribution in [0.3, 0.4) is 0 Å². The summed E-state index contributed by atoms with van der Waals surface area (Å²) < 4.78 is 3.36. The predicted octanol–water partition coefficient (Wildman–Crippen LogP) is 3.38. The first-order valence-electron chi connectivity index (χ1n) is 11.8. The molecule has 0 spiro atoms. The number of rotatable bonds is 6. The van der Waals surface area contributed by atoms with E-state index in [2.05, 4.69) is 55.9 Å². The topological polar surface area (TPSA) is 159 Å². The fourth-order valence-electron chi connectivity index (χ4n) is 4.60. The van der Waals surface area contributed by atoms with E-state index in [9.17, 15) is 4.79 Å². The van der Waals surface area contributed by atoms with Gasteiger partial charge in [-0.25, -0.2) is 19.4 Å². The molecule has 4 heterocycles. The molecule has 0 aliphatic heterocycles. The Morgan fingerprint density at radius 3 is 2.69 bits per heavy atom. The molecule has 36 heavy (non-hydrogen) atoms. The fraction of sp³-hybridized carbons (Fsp3) is 0.375. The van der Waals surface area contributed by atoms with Crippen LogP contribution in [0.15, 0.2) is 36.9 Å². The summed E-state index contributed by atoms with van der Waals surface area (Å²) in [4.78, 5) is 19.9. The van der Waals surface area contributed by atoms with E-state index in [1.807, 2.05) is 12.3 Å². The highest BCUT2D eigenvalue weighted by atomic mass is 16.4. The predicted molar refractivity (Wildman–Crippen MR) is 131 cm³/mol. The second-order valence-corrected chi connectivity index (χ2v) is 9.25. The molecule has 0 radical (unpaired) electrons. The minimum atomic E-state index is -0.976. The SMILES string of the molecule is CC(C)Nc1cc(-n2ncc3cc(C#N)cnc32)ncc1-n1cc(C2CCC(NC(=O)O)CC2)nn1. The summed E-state index contributed by atoms with van der Waals surface area (Å²) in [7, 11) is 0.